The predicted molar refractivity (Wildman–Crippen MR) is 53.3 cm³/mol. The highest BCUT2D eigenvalue weighted by Crippen LogP contribution is 2.29. The van der Waals surface area contributed by atoms with E-state index in [0.29, 0.717) is 18.4 Å². The van der Waals surface area contributed by atoms with Gasteiger partial charge in [0, 0.05) is 26.1 Å². The number of nitrogens with zero attached hydrogens (tertiary/aromatic N) is 1. The van der Waals surface area contributed by atoms with Crippen LogP contribution in [0.5, 0.6) is 0 Å². The van der Waals surface area contributed by atoms with Crippen LogP contribution in [0.3, 0.4) is 0 Å². The van der Waals surface area contributed by atoms with E-state index in [0.717, 1.165) is 25.9 Å². The molecule has 0 radical (unpaired) electrons. The van der Waals surface area contributed by atoms with E-state index in [2.05, 4.69) is 13.8 Å². The van der Waals surface area contributed by atoms with E-state index in [-0.39, 0.29) is 5.91 Å². The molecule has 13 heavy (non-hydrogen) atoms. The monoisotopic (exact) mass is 184 g/mol. The normalized spacial score (nSPS) is 23.0. The highest BCUT2D eigenvalue weighted by atomic mass is 16.2. The van der Waals surface area contributed by atoms with Crippen LogP contribution in [0.25, 0.3) is 0 Å². The molecule has 0 atom stereocenters. The van der Waals surface area contributed by atoms with Gasteiger partial charge in [-0.05, 0) is 18.3 Å². The van der Waals surface area contributed by atoms with Crippen molar-refractivity contribution >= 4 is 5.91 Å². The fourth-order valence-corrected chi connectivity index (χ4v) is 1.68. The molecule has 2 N–H and O–H groups in total. The van der Waals surface area contributed by atoms with Crippen LogP contribution in [0.2, 0.25) is 0 Å². The Morgan fingerprint density at radius 3 is 2.77 bits per heavy atom. The molecule has 0 spiro atoms. The summed E-state index contributed by atoms with van der Waals surface area (Å²) in [5.41, 5.74) is 5.76. The van der Waals surface area contributed by atoms with E-state index in [9.17, 15) is 4.79 Å². The van der Waals surface area contributed by atoms with Gasteiger partial charge in [-0.25, -0.2) is 0 Å². The van der Waals surface area contributed by atoms with Crippen molar-refractivity contribution in [2.45, 2.75) is 33.1 Å². The number of carbonyl (C=O) groups is 1. The lowest BCUT2D eigenvalue weighted by atomic mass is 9.85. The second kappa shape index (κ2) is 4.09. The summed E-state index contributed by atoms with van der Waals surface area (Å²) < 4.78 is 0. The lowest BCUT2D eigenvalue weighted by Crippen LogP contribution is -2.34. The first-order valence-corrected chi connectivity index (χ1v) is 5.03. The first kappa shape index (κ1) is 10.5. The van der Waals surface area contributed by atoms with Gasteiger partial charge in [0.15, 0.2) is 0 Å². The lowest BCUT2D eigenvalue weighted by molar-refractivity contribution is -0.130. The Labute approximate surface area is 80.3 Å². The first-order valence-electron chi connectivity index (χ1n) is 5.03. The van der Waals surface area contributed by atoms with Crippen LogP contribution >= 0.6 is 0 Å². The van der Waals surface area contributed by atoms with Crippen LogP contribution in [-0.4, -0.2) is 30.4 Å². The second-order valence-electron chi connectivity index (χ2n) is 4.58. The molecule has 1 saturated heterocycles. The standard InChI is InChI=1S/C10H20N2O/c1-10(2)4-3-9(13)12(7-5-10)8-6-11/h3-8,11H2,1-2H3. The molecule has 76 valence electrons. The molecular formula is C10H20N2O. The Morgan fingerprint density at radius 2 is 2.15 bits per heavy atom. The van der Waals surface area contributed by atoms with Crippen LogP contribution in [0.15, 0.2) is 0 Å². The summed E-state index contributed by atoms with van der Waals surface area (Å²) in [6.45, 7) is 6.63. The topological polar surface area (TPSA) is 46.3 Å². The molecule has 0 aliphatic carbocycles. The Balaban J connectivity index is 2.54. The minimum absolute atomic E-state index is 0.274. The third kappa shape index (κ3) is 2.99. The number of likely N-dealkylation sites (tertiary alicyclic amines) is 1. The second-order valence-corrected chi connectivity index (χ2v) is 4.58. The zero-order valence-electron chi connectivity index (χ0n) is 8.68. The van der Waals surface area contributed by atoms with Gasteiger partial charge >= 0.3 is 0 Å². The van der Waals surface area contributed by atoms with E-state index < -0.39 is 0 Å². The third-order valence-electron chi connectivity index (χ3n) is 2.83. The fourth-order valence-electron chi connectivity index (χ4n) is 1.68. The highest BCUT2D eigenvalue weighted by molar-refractivity contribution is 5.76. The molecule has 0 unspecified atom stereocenters. The summed E-state index contributed by atoms with van der Waals surface area (Å²) in [6, 6.07) is 0. The van der Waals surface area contributed by atoms with Crippen molar-refractivity contribution in [3.63, 3.8) is 0 Å². The smallest absolute Gasteiger partial charge is 0.222 e. The van der Waals surface area contributed by atoms with Crippen LogP contribution in [-0.2, 0) is 4.79 Å². The largest absolute Gasteiger partial charge is 0.341 e. The maximum Gasteiger partial charge on any atom is 0.222 e. The SMILES string of the molecule is CC1(C)CCC(=O)N(CCN)CC1. The van der Waals surface area contributed by atoms with E-state index in [4.69, 9.17) is 5.73 Å². The van der Waals surface area contributed by atoms with Gasteiger partial charge in [0.05, 0.1) is 0 Å². The molecule has 1 rings (SSSR count). The zero-order valence-corrected chi connectivity index (χ0v) is 8.68. The van der Waals surface area contributed by atoms with Gasteiger partial charge in [-0.15, -0.1) is 0 Å². The lowest BCUT2D eigenvalue weighted by Gasteiger charge is -2.22. The number of nitrogens with two attached hydrogens (primary N) is 1. The quantitative estimate of drug-likeness (QED) is 0.695. The number of carbonyl (C=O) groups excluding carboxylic acids is 1. The number of hydrogen-bond donors (Lipinski definition) is 1. The first-order chi connectivity index (χ1) is 6.05. The van der Waals surface area contributed by atoms with Crippen molar-refractivity contribution in [1.29, 1.82) is 0 Å². The van der Waals surface area contributed by atoms with Gasteiger partial charge < -0.3 is 10.6 Å². The summed E-state index contributed by atoms with van der Waals surface area (Å²) in [6.07, 6.45) is 2.79. The van der Waals surface area contributed by atoms with E-state index in [1.54, 1.807) is 0 Å². The van der Waals surface area contributed by atoms with Gasteiger partial charge in [-0.2, -0.15) is 0 Å². The third-order valence-corrected chi connectivity index (χ3v) is 2.83. The van der Waals surface area contributed by atoms with E-state index in [1.165, 1.54) is 0 Å². The van der Waals surface area contributed by atoms with Crippen molar-refractivity contribution in [3.8, 4) is 0 Å². The Bertz CT molecular complexity index is 189. The maximum absolute atomic E-state index is 11.6. The number of hydrogen-bond acceptors (Lipinski definition) is 2. The molecular weight excluding hydrogens is 164 g/mol. The van der Waals surface area contributed by atoms with Crippen molar-refractivity contribution < 1.29 is 4.79 Å². The van der Waals surface area contributed by atoms with E-state index in [1.807, 2.05) is 4.90 Å². The predicted octanol–water partition coefficient (Wildman–Crippen LogP) is 0.984. The Hall–Kier alpha value is -0.570. The van der Waals surface area contributed by atoms with Crippen LogP contribution in [0.1, 0.15) is 33.1 Å². The fraction of sp³-hybridized carbons (Fsp3) is 0.900. The van der Waals surface area contributed by atoms with Crippen molar-refractivity contribution in [1.82, 2.24) is 4.90 Å². The number of rotatable bonds is 2. The molecule has 1 aliphatic heterocycles. The van der Waals surface area contributed by atoms with Gasteiger partial charge in [0.1, 0.15) is 0 Å². The molecule has 3 nitrogen and oxygen atoms in total. The maximum atomic E-state index is 11.6. The molecule has 1 amide bonds. The van der Waals surface area contributed by atoms with Gasteiger partial charge in [0.25, 0.3) is 0 Å². The minimum Gasteiger partial charge on any atom is -0.341 e. The van der Waals surface area contributed by atoms with Crippen LogP contribution < -0.4 is 5.73 Å². The number of amides is 1. The molecule has 0 bridgehead atoms. The minimum atomic E-state index is 0.274. The van der Waals surface area contributed by atoms with Gasteiger partial charge in [-0.3, -0.25) is 4.79 Å². The average molecular weight is 184 g/mol. The molecule has 0 aromatic rings. The van der Waals surface area contributed by atoms with Gasteiger partial charge in [0.2, 0.25) is 5.91 Å². The molecule has 0 saturated carbocycles. The Kier molecular flexibility index (Phi) is 3.31. The molecule has 0 aromatic heterocycles. The van der Waals surface area contributed by atoms with Crippen molar-refractivity contribution in [3.05, 3.63) is 0 Å². The van der Waals surface area contributed by atoms with Gasteiger partial charge in [-0.1, -0.05) is 13.8 Å². The summed E-state index contributed by atoms with van der Waals surface area (Å²) in [5.74, 6) is 0.274. The molecule has 0 aromatic carbocycles. The average Bonchev–Trinajstić information content (AvgIpc) is 2.18. The summed E-state index contributed by atoms with van der Waals surface area (Å²) in [4.78, 5) is 13.5. The summed E-state index contributed by atoms with van der Waals surface area (Å²) in [7, 11) is 0. The van der Waals surface area contributed by atoms with Crippen LogP contribution in [0.4, 0.5) is 0 Å². The molecule has 1 heterocycles. The Morgan fingerprint density at radius 1 is 1.46 bits per heavy atom. The highest BCUT2D eigenvalue weighted by Gasteiger charge is 2.26. The van der Waals surface area contributed by atoms with E-state index >= 15 is 0 Å². The molecule has 1 aliphatic rings. The van der Waals surface area contributed by atoms with Crippen molar-refractivity contribution in [2.75, 3.05) is 19.6 Å². The van der Waals surface area contributed by atoms with Crippen molar-refractivity contribution in [2.24, 2.45) is 11.1 Å². The molecule has 1 fully saturated rings. The summed E-state index contributed by atoms with van der Waals surface area (Å²) >= 11 is 0. The molecule has 3 heteroatoms. The summed E-state index contributed by atoms with van der Waals surface area (Å²) in [5, 5.41) is 0. The zero-order chi connectivity index (χ0) is 9.90. The van der Waals surface area contributed by atoms with Crippen LogP contribution in [0, 0.1) is 5.41 Å².